The van der Waals surface area contributed by atoms with Crippen LogP contribution in [0.3, 0.4) is 0 Å². The normalized spacial score (nSPS) is 11.6. The van der Waals surface area contributed by atoms with E-state index in [1.165, 1.54) is 12.1 Å². The number of hydrogen-bond donors (Lipinski definition) is 1. The van der Waals surface area contributed by atoms with Crippen LogP contribution < -0.4 is 5.73 Å². The first kappa shape index (κ1) is 14.0. The van der Waals surface area contributed by atoms with Crippen molar-refractivity contribution in [3.8, 4) is 11.5 Å². The fourth-order valence-electron chi connectivity index (χ4n) is 1.75. The maximum absolute atomic E-state index is 10.9. The molecule has 0 bridgehead atoms. The standard InChI is InChI=1S/C13H16N4O3/c1-13(2,3)7-11-15-12(20-16-11)8-4-5-9(14)10(6-8)17(18)19/h4-6H,7,14H2,1-3H3. The number of nitrogens with two attached hydrogens (primary N) is 1. The third-order valence-corrected chi connectivity index (χ3v) is 2.63. The number of hydrogen-bond acceptors (Lipinski definition) is 6. The highest BCUT2D eigenvalue weighted by atomic mass is 16.6. The van der Waals surface area contributed by atoms with Gasteiger partial charge in [0.05, 0.1) is 4.92 Å². The number of nitro groups is 1. The molecule has 0 aliphatic heterocycles. The Labute approximate surface area is 115 Å². The summed E-state index contributed by atoms with van der Waals surface area (Å²) in [5, 5.41) is 14.7. The summed E-state index contributed by atoms with van der Waals surface area (Å²) in [7, 11) is 0. The van der Waals surface area contributed by atoms with E-state index in [9.17, 15) is 10.1 Å². The number of benzene rings is 1. The van der Waals surface area contributed by atoms with Gasteiger partial charge in [-0.3, -0.25) is 10.1 Å². The predicted molar refractivity (Wildman–Crippen MR) is 74.0 cm³/mol. The molecule has 2 rings (SSSR count). The van der Waals surface area contributed by atoms with E-state index in [1.807, 2.05) is 0 Å². The van der Waals surface area contributed by atoms with Gasteiger partial charge in [-0.15, -0.1) is 0 Å². The molecule has 0 unspecified atom stereocenters. The molecule has 0 saturated carbocycles. The van der Waals surface area contributed by atoms with Crippen molar-refractivity contribution in [3.05, 3.63) is 34.1 Å². The number of aromatic nitrogens is 2. The van der Waals surface area contributed by atoms with Crippen LogP contribution in [0.25, 0.3) is 11.5 Å². The number of nitrogens with zero attached hydrogens (tertiary/aromatic N) is 3. The van der Waals surface area contributed by atoms with Crippen LogP contribution in [0.2, 0.25) is 0 Å². The Morgan fingerprint density at radius 2 is 2.10 bits per heavy atom. The second-order valence-corrected chi connectivity index (χ2v) is 5.78. The maximum atomic E-state index is 10.9. The fraction of sp³-hybridized carbons (Fsp3) is 0.385. The molecule has 0 fully saturated rings. The van der Waals surface area contributed by atoms with Crippen molar-refractivity contribution < 1.29 is 9.45 Å². The molecule has 2 N–H and O–H groups in total. The molecule has 106 valence electrons. The molecule has 0 amide bonds. The molecular weight excluding hydrogens is 260 g/mol. The Hall–Kier alpha value is -2.44. The van der Waals surface area contributed by atoms with Crippen LogP contribution in [0.1, 0.15) is 26.6 Å². The van der Waals surface area contributed by atoms with Gasteiger partial charge in [0.1, 0.15) is 5.69 Å². The lowest BCUT2D eigenvalue weighted by Gasteiger charge is -2.14. The van der Waals surface area contributed by atoms with Crippen LogP contribution in [0.4, 0.5) is 11.4 Å². The summed E-state index contributed by atoms with van der Waals surface area (Å²) in [6.07, 6.45) is 0.660. The van der Waals surface area contributed by atoms with Gasteiger partial charge in [-0.05, 0) is 17.5 Å². The van der Waals surface area contributed by atoms with Crippen molar-refractivity contribution in [1.29, 1.82) is 0 Å². The first-order valence-corrected chi connectivity index (χ1v) is 6.13. The van der Waals surface area contributed by atoms with E-state index in [-0.39, 0.29) is 22.7 Å². The lowest BCUT2D eigenvalue weighted by Crippen LogP contribution is -2.10. The average molecular weight is 276 g/mol. The summed E-state index contributed by atoms with van der Waals surface area (Å²) in [5.74, 6) is 0.833. The van der Waals surface area contributed by atoms with E-state index in [1.54, 1.807) is 6.07 Å². The van der Waals surface area contributed by atoms with Crippen molar-refractivity contribution >= 4 is 11.4 Å². The first-order chi connectivity index (χ1) is 9.26. The second kappa shape index (κ2) is 4.92. The first-order valence-electron chi connectivity index (χ1n) is 6.13. The summed E-state index contributed by atoms with van der Waals surface area (Å²) < 4.78 is 5.15. The minimum absolute atomic E-state index is 0.0360. The van der Waals surface area contributed by atoms with E-state index in [0.717, 1.165) is 0 Å². The smallest absolute Gasteiger partial charge is 0.292 e. The Bertz CT molecular complexity index is 643. The van der Waals surface area contributed by atoms with Crippen molar-refractivity contribution in [2.45, 2.75) is 27.2 Å². The molecule has 1 aromatic heterocycles. The number of nitrogen functional groups attached to an aromatic ring is 1. The Morgan fingerprint density at radius 3 is 2.70 bits per heavy atom. The average Bonchev–Trinajstić information content (AvgIpc) is 2.75. The van der Waals surface area contributed by atoms with Gasteiger partial charge in [-0.25, -0.2) is 0 Å². The fourth-order valence-corrected chi connectivity index (χ4v) is 1.75. The summed E-state index contributed by atoms with van der Waals surface area (Å²) in [6, 6.07) is 4.42. The lowest BCUT2D eigenvalue weighted by atomic mass is 9.92. The highest BCUT2D eigenvalue weighted by Crippen LogP contribution is 2.28. The topological polar surface area (TPSA) is 108 Å². The molecule has 7 nitrogen and oxygen atoms in total. The maximum Gasteiger partial charge on any atom is 0.292 e. The van der Waals surface area contributed by atoms with Gasteiger partial charge in [0.25, 0.3) is 11.6 Å². The van der Waals surface area contributed by atoms with E-state index in [2.05, 4.69) is 30.9 Å². The van der Waals surface area contributed by atoms with Crippen molar-refractivity contribution in [2.24, 2.45) is 5.41 Å². The largest absolute Gasteiger partial charge is 0.393 e. The summed E-state index contributed by atoms with van der Waals surface area (Å²) in [6.45, 7) is 6.20. The van der Waals surface area contributed by atoms with Gasteiger partial charge in [-0.2, -0.15) is 4.98 Å². The molecule has 7 heteroatoms. The third kappa shape index (κ3) is 3.11. The minimum atomic E-state index is -0.536. The van der Waals surface area contributed by atoms with Gasteiger partial charge < -0.3 is 10.3 Å². The number of nitro benzene ring substituents is 1. The molecule has 0 saturated heterocycles. The van der Waals surface area contributed by atoms with Gasteiger partial charge in [0.2, 0.25) is 0 Å². The van der Waals surface area contributed by atoms with E-state index in [4.69, 9.17) is 10.3 Å². The molecule has 0 aliphatic rings. The van der Waals surface area contributed by atoms with Crippen molar-refractivity contribution in [2.75, 3.05) is 5.73 Å². The Morgan fingerprint density at radius 1 is 1.40 bits per heavy atom. The number of anilines is 1. The zero-order valence-corrected chi connectivity index (χ0v) is 11.6. The molecule has 1 heterocycles. The van der Waals surface area contributed by atoms with E-state index in [0.29, 0.717) is 17.8 Å². The van der Waals surface area contributed by atoms with Crippen LogP contribution in [0.15, 0.2) is 22.7 Å². The van der Waals surface area contributed by atoms with E-state index >= 15 is 0 Å². The van der Waals surface area contributed by atoms with Crippen LogP contribution in [0.5, 0.6) is 0 Å². The molecule has 2 aromatic rings. The molecular formula is C13H16N4O3. The third-order valence-electron chi connectivity index (χ3n) is 2.63. The summed E-state index contributed by atoms with van der Waals surface area (Å²) in [4.78, 5) is 14.6. The van der Waals surface area contributed by atoms with Crippen molar-refractivity contribution in [1.82, 2.24) is 10.1 Å². The quantitative estimate of drug-likeness (QED) is 0.524. The van der Waals surface area contributed by atoms with Gasteiger partial charge in [-0.1, -0.05) is 25.9 Å². The SMILES string of the molecule is CC(C)(C)Cc1noc(-c2ccc(N)c([N+](=O)[O-])c2)n1. The van der Waals surface area contributed by atoms with E-state index < -0.39 is 4.92 Å². The zero-order valence-electron chi connectivity index (χ0n) is 11.6. The van der Waals surface area contributed by atoms with Gasteiger partial charge >= 0.3 is 0 Å². The lowest BCUT2D eigenvalue weighted by molar-refractivity contribution is -0.383. The minimum Gasteiger partial charge on any atom is -0.393 e. The van der Waals surface area contributed by atoms with Crippen LogP contribution in [0, 0.1) is 15.5 Å². The molecule has 1 aromatic carbocycles. The monoisotopic (exact) mass is 276 g/mol. The molecule has 0 aliphatic carbocycles. The number of rotatable bonds is 3. The van der Waals surface area contributed by atoms with Crippen LogP contribution >= 0.6 is 0 Å². The molecule has 0 spiro atoms. The molecule has 0 radical (unpaired) electrons. The van der Waals surface area contributed by atoms with Crippen molar-refractivity contribution in [3.63, 3.8) is 0 Å². The second-order valence-electron chi connectivity index (χ2n) is 5.78. The Balaban J connectivity index is 2.33. The van der Waals surface area contributed by atoms with Crippen LogP contribution in [-0.4, -0.2) is 15.1 Å². The van der Waals surface area contributed by atoms with Crippen LogP contribution in [-0.2, 0) is 6.42 Å². The van der Waals surface area contributed by atoms with Gasteiger partial charge in [0.15, 0.2) is 5.82 Å². The summed E-state index contributed by atoms with van der Waals surface area (Å²) >= 11 is 0. The summed E-state index contributed by atoms with van der Waals surface area (Å²) in [5.41, 5.74) is 6.01. The Kier molecular flexibility index (Phi) is 3.44. The van der Waals surface area contributed by atoms with Gasteiger partial charge in [0, 0.05) is 18.1 Å². The highest BCUT2D eigenvalue weighted by molar-refractivity contribution is 5.67. The predicted octanol–water partition coefficient (Wildman–Crippen LogP) is 2.82. The zero-order chi connectivity index (χ0) is 14.9. The molecule has 0 atom stereocenters. The highest BCUT2D eigenvalue weighted by Gasteiger charge is 2.19. The molecule has 20 heavy (non-hydrogen) atoms.